The van der Waals surface area contributed by atoms with E-state index in [1.54, 1.807) is 36.7 Å². The molecule has 0 saturated carbocycles. The number of amides is 1. The van der Waals surface area contributed by atoms with Crippen LogP contribution in [0.1, 0.15) is 10.5 Å². The molecule has 0 saturated heterocycles. The third-order valence-corrected chi connectivity index (χ3v) is 5.44. The normalized spacial score (nSPS) is 11.3. The summed E-state index contributed by atoms with van der Waals surface area (Å²) in [6.45, 7) is 0. The first-order valence-corrected chi connectivity index (χ1v) is 10.3. The Bertz CT molecular complexity index is 1330. The minimum Gasteiger partial charge on any atom is -0.343 e. The lowest BCUT2D eigenvalue weighted by Crippen LogP contribution is -2.23. The van der Waals surface area contributed by atoms with Crippen LogP contribution in [-0.2, 0) is 0 Å². The summed E-state index contributed by atoms with van der Waals surface area (Å²) in [6, 6.07) is 4.92. The van der Waals surface area contributed by atoms with E-state index >= 15 is 0 Å². The molecule has 0 radical (unpaired) electrons. The minimum atomic E-state index is -0.440. The van der Waals surface area contributed by atoms with Crippen LogP contribution in [0.25, 0.3) is 22.5 Å². The van der Waals surface area contributed by atoms with Crippen LogP contribution in [0.4, 0.5) is 0 Å². The monoisotopic (exact) mass is 448 g/mol. The number of thioether (sulfide) groups is 1. The van der Waals surface area contributed by atoms with Gasteiger partial charge in [0, 0.05) is 26.5 Å². The zero-order valence-electron chi connectivity index (χ0n) is 15.6. The predicted octanol–water partition coefficient (Wildman–Crippen LogP) is 3.16. The van der Waals surface area contributed by atoms with Crippen LogP contribution in [0, 0.1) is 0 Å². The number of benzene rings is 1. The van der Waals surface area contributed by atoms with Crippen molar-refractivity contribution in [1.29, 1.82) is 0 Å². The molecular weight excluding hydrogens is 435 g/mol. The van der Waals surface area contributed by atoms with Gasteiger partial charge in [0.05, 0.1) is 15.7 Å². The van der Waals surface area contributed by atoms with Crippen LogP contribution in [0.15, 0.2) is 40.5 Å². The highest BCUT2D eigenvalue weighted by atomic mass is 35.5. The van der Waals surface area contributed by atoms with Gasteiger partial charge < -0.3 is 4.90 Å². The third kappa shape index (κ3) is 3.15. The molecule has 11 heteroatoms. The van der Waals surface area contributed by atoms with Gasteiger partial charge in [-0.05, 0) is 18.4 Å². The van der Waals surface area contributed by atoms with Gasteiger partial charge in [0.15, 0.2) is 10.8 Å². The fourth-order valence-corrected chi connectivity index (χ4v) is 3.82. The summed E-state index contributed by atoms with van der Waals surface area (Å²) in [7, 11) is 3.24. The lowest BCUT2D eigenvalue weighted by molar-refractivity contribution is 0.0822. The minimum absolute atomic E-state index is 0.156. The fourth-order valence-electron chi connectivity index (χ4n) is 2.92. The summed E-state index contributed by atoms with van der Waals surface area (Å²) >= 11 is 14.1. The SMILES string of the molecule is CSc1ncc2c(=O)n(-c3c(Cl)cccc3Cl)c3nc(C(=O)N(C)C)cn3c2n1. The number of hydrogen-bond acceptors (Lipinski definition) is 6. The number of imidazole rings is 1. The summed E-state index contributed by atoms with van der Waals surface area (Å²) in [4.78, 5) is 40.3. The molecule has 0 atom stereocenters. The van der Waals surface area contributed by atoms with Gasteiger partial charge in [-0.1, -0.05) is 41.0 Å². The maximum atomic E-state index is 13.4. The average Bonchev–Trinajstić information content (AvgIpc) is 3.14. The number of aromatic nitrogens is 5. The molecule has 4 rings (SSSR count). The molecule has 3 aromatic heterocycles. The van der Waals surface area contributed by atoms with Gasteiger partial charge in [-0.15, -0.1) is 0 Å². The van der Waals surface area contributed by atoms with Gasteiger partial charge >= 0.3 is 0 Å². The van der Waals surface area contributed by atoms with E-state index in [-0.39, 0.29) is 38.5 Å². The van der Waals surface area contributed by atoms with E-state index in [2.05, 4.69) is 15.0 Å². The van der Waals surface area contributed by atoms with Crippen molar-refractivity contribution in [2.45, 2.75) is 5.16 Å². The second-order valence-corrected chi connectivity index (χ2v) is 7.89. The predicted molar refractivity (Wildman–Crippen MR) is 114 cm³/mol. The molecule has 0 bridgehead atoms. The molecule has 148 valence electrons. The van der Waals surface area contributed by atoms with Gasteiger partial charge in [-0.3, -0.25) is 14.0 Å². The fraction of sp³-hybridized carbons (Fsp3) is 0.167. The van der Waals surface area contributed by atoms with Gasteiger partial charge in [0.25, 0.3) is 11.5 Å². The van der Waals surface area contributed by atoms with Crippen LogP contribution in [0.3, 0.4) is 0 Å². The molecule has 0 N–H and O–H groups in total. The lowest BCUT2D eigenvalue weighted by atomic mass is 10.3. The number of carbonyl (C=O) groups is 1. The van der Waals surface area contributed by atoms with Crippen LogP contribution < -0.4 is 5.56 Å². The molecule has 8 nitrogen and oxygen atoms in total. The van der Waals surface area contributed by atoms with E-state index in [9.17, 15) is 9.59 Å². The molecule has 1 amide bonds. The summed E-state index contributed by atoms with van der Waals surface area (Å²) in [5.74, 6) is -0.140. The molecule has 29 heavy (non-hydrogen) atoms. The first-order chi connectivity index (χ1) is 13.8. The smallest absolute Gasteiger partial charge is 0.273 e. The van der Waals surface area contributed by atoms with E-state index in [1.807, 2.05) is 6.26 Å². The Morgan fingerprint density at radius 3 is 2.48 bits per heavy atom. The molecule has 4 aromatic rings. The van der Waals surface area contributed by atoms with Crippen molar-refractivity contribution in [2.75, 3.05) is 20.4 Å². The maximum absolute atomic E-state index is 13.4. The number of rotatable bonds is 3. The largest absolute Gasteiger partial charge is 0.343 e. The van der Waals surface area contributed by atoms with Gasteiger partial charge in [-0.2, -0.15) is 0 Å². The van der Waals surface area contributed by atoms with Crippen molar-refractivity contribution in [1.82, 2.24) is 28.8 Å². The molecular formula is C18H14Cl2N6O2S. The highest BCUT2D eigenvalue weighted by Crippen LogP contribution is 2.29. The highest BCUT2D eigenvalue weighted by molar-refractivity contribution is 7.98. The van der Waals surface area contributed by atoms with E-state index < -0.39 is 5.56 Å². The number of hydrogen-bond donors (Lipinski definition) is 0. The quantitative estimate of drug-likeness (QED) is 0.353. The number of para-hydroxylation sites is 1. The van der Waals surface area contributed by atoms with Crippen molar-refractivity contribution in [3.8, 4) is 5.69 Å². The van der Waals surface area contributed by atoms with Crippen molar-refractivity contribution in [2.24, 2.45) is 0 Å². The first-order valence-electron chi connectivity index (χ1n) is 8.34. The summed E-state index contributed by atoms with van der Waals surface area (Å²) < 4.78 is 2.86. The topological polar surface area (TPSA) is 85.4 Å². The summed E-state index contributed by atoms with van der Waals surface area (Å²) in [5.41, 5.74) is 0.331. The highest BCUT2D eigenvalue weighted by Gasteiger charge is 2.22. The van der Waals surface area contributed by atoms with E-state index in [0.717, 1.165) is 0 Å². The van der Waals surface area contributed by atoms with Crippen LogP contribution in [0.5, 0.6) is 0 Å². The summed E-state index contributed by atoms with van der Waals surface area (Å²) in [5, 5.41) is 1.27. The van der Waals surface area contributed by atoms with Crippen LogP contribution in [-0.4, -0.2) is 55.1 Å². The van der Waals surface area contributed by atoms with Crippen molar-refractivity contribution < 1.29 is 4.79 Å². The maximum Gasteiger partial charge on any atom is 0.273 e. The number of fused-ring (bicyclic) bond motifs is 3. The van der Waals surface area contributed by atoms with E-state index in [0.29, 0.717) is 10.8 Å². The molecule has 1 aromatic carbocycles. The van der Waals surface area contributed by atoms with Crippen molar-refractivity contribution in [3.63, 3.8) is 0 Å². The molecule has 0 fully saturated rings. The number of nitrogens with zero attached hydrogens (tertiary/aromatic N) is 6. The Morgan fingerprint density at radius 1 is 1.17 bits per heavy atom. The second kappa shape index (κ2) is 7.33. The number of halogens is 2. The molecule has 0 spiro atoms. The van der Waals surface area contributed by atoms with Crippen LogP contribution in [0.2, 0.25) is 10.0 Å². The van der Waals surface area contributed by atoms with Crippen LogP contribution >= 0.6 is 35.0 Å². The zero-order chi connectivity index (χ0) is 20.9. The Labute approximate surface area is 179 Å². The third-order valence-electron chi connectivity index (χ3n) is 4.26. The molecule has 0 unspecified atom stereocenters. The molecule has 3 heterocycles. The number of carbonyl (C=O) groups excluding carboxylic acids is 1. The Kier molecular flexibility index (Phi) is 4.97. The molecule has 0 aliphatic carbocycles. The van der Waals surface area contributed by atoms with Gasteiger partial charge in [0.1, 0.15) is 11.1 Å². The average molecular weight is 449 g/mol. The first kappa shape index (κ1) is 19.7. The zero-order valence-corrected chi connectivity index (χ0v) is 17.9. The lowest BCUT2D eigenvalue weighted by Gasteiger charge is -2.13. The van der Waals surface area contributed by atoms with Crippen molar-refractivity contribution >= 4 is 57.7 Å². The Balaban J connectivity index is 2.21. The van der Waals surface area contributed by atoms with Gasteiger partial charge in [-0.25, -0.2) is 19.5 Å². The van der Waals surface area contributed by atoms with E-state index in [1.165, 1.54) is 33.6 Å². The second-order valence-electron chi connectivity index (χ2n) is 6.30. The Morgan fingerprint density at radius 2 is 1.86 bits per heavy atom. The van der Waals surface area contributed by atoms with Gasteiger partial charge in [0.2, 0.25) is 5.78 Å². The van der Waals surface area contributed by atoms with E-state index in [4.69, 9.17) is 23.2 Å². The van der Waals surface area contributed by atoms with Crippen molar-refractivity contribution in [3.05, 3.63) is 56.7 Å². The molecule has 0 aliphatic rings. The standard InChI is InChI=1S/C18H14Cl2N6O2S/c1-24(2)16(28)12-8-25-14-9(7-21-17(23-14)29-3)15(27)26(18(25)22-12)13-10(19)5-4-6-11(13)20/h4-8H,1-3H3. The summed E-state index contributed by atoms with van der Waals surface area (Å²) in [6.07, 6.45) is 4.82. The Hall–Kier alpha value is -2.62. The molecule has 0 aliphatic heterocycles.